The number of nitrogens with zero attached hydrogens (tertiary/aromatic N) is 2. The van der Waals surface area contributed by atoms with Crippen LogP contribution in [0.2, 0.25) is 0 Å². The molecule has 2 rings (SSSR count). The van der Waals surface area contributed by atoms with Gasteiger partial charge >= 0.3 is 0 Å². The smallest absolute Gasteiger partial charge is 0.206 e. The lowest BCUT2D eigenvalue weighted by molar-refractivity contribution is 0.500. The van der Waals surface area contributed by atoms with Crippen molar-refractivity contribution in [2.75, 3.05) is 5.32 Å². The van der Waals surface area contributed by atoms with Crippen molar-refractivity contribution in [1.29, 1.82) is 0 Å². The number of nitrogens with one attached hydrogen (secondary N) is 1. The van der Waals surface area contributed by atoms with Crippen LogP contribution in [0, 0.1) is 19.8 Å². The van der Waals surface area contributed by atoms with Crippen LogP contribution >= 0.6 is 11.3 Å². The third kappa shape index (κ3) is 3.56. The Morgan fingerprint density at radius 2 is 2.00 bits per heavy atom. The van der Waals surface area contributed by atoms with E-state index in [1.165, 1.54) is 5.56 Å². The molecule has 0 amide bonds. The van der Waals surface area contributed by atoms with Crippen molar-refractivity contribution in [3.05, 3.63) is 28.2 Å². The molecule has 0 aliphatic heterocycles. The molecule has 0 saturated carbocycles. The fourth-order valence-corrected chi connectivity index (χ4v) is 3.13. The van der Waals surface area contributed by atoms with Crippen LogP contribution in [-0.4, -0.2) is 10.2 Å². The molecule has 0 aliphatic carbocycles. The molecule has 1 atom stereocenters. The lowest BCUT2D eigenvalue weighted by Crippen LogP contribution is -2.06. The van der Waals surface area contributed by atoms with Gasteiger partial charge in [-0.1, -0.05) is 25.2 Å². The van der Waals surface area contributed by atoms with E-state index < -0.39 is 0 Å². The molecule has 2 heterocycles. The maximum absolute atomic E-state index is 5.56. The van der Waals surface area contributed by atoms with E-state index in [0.29, 0.717) is 5.92 Å². The van der Waals surface area contributed by atoms with Crippen LogP contribution in [0.15, 0.2) is 10.5 Å². The quantitative estimate of drug-likeness (QED) is 0.894. The molecular weight excluding hydrogens is 258 g/mol. The van der Waals surface area contributed by atoms with Gasteiger partial charge in [0.25, 0.3) is 0 Å². The average molecular weight is 279 g/mol. The summed E-state index contributed by atoms with van der Waals surface area (Å²) in [5, 5.41) is 13.8. The minimum absolute atomic E-state index is 0.178. The van der Waals surface area contributed by atoms with Gasteiger partial charge < -0.3 is 9.73 Å². The number of aromatic nitrogens is 2. The molecule has 0 radical (unpaired) electrons. The fourth-order valence-electron chi connectivity index (χ4n) is 2.09. The first-order valence-corrected chi connectivity index (χ1v) is 7.43. The Kier molecular flexibility index (Phi) is 4.24. The summed E-state index contributed by atoms with van der Waals surface area (Å²) in [4.78, 5) is 0. The molecule has 0 aromatic carbocycles. The van der Waals surface area contributed by atoms with Crippen molar-refractivity contribution in [2.45, 2.75) is 47.1 Å². The molecule has 0 fully saturated rings. The predicted octanol–water partition coefficient (Wildman–Crippen LogP) is 4.12. The third-order valence-electron chi connectivity index (χ3n) is 2.94. The lowest BCUT2D eigenvalue weighted by atomic mass is 10.1. The number of hydrogen-bond acceptors (Lipinski definition) is 5. The molecule has 4 nitrogen and oxygen atoms in total. The number of rotatable bonds is 5. The van der Waals surface area contributed by atoms with Gasteiger partial charge in [-0.2, -0.15) is 0 Å². The summed E-state index contributed by atoms with van der Waals surface area (Å²) in [7, 11) is 0. The molecule has 0 saturated heterocycles. The zero-order valence-electron chi connectivity index (χ0n) is 12.2. The summed E-state index contributed by atoms with van der Waals surface area (Å²) in [6, 6.07) is 2.25. The van der Waals surface area contributed by atoms with Crippen molar-refractivity contribution >= 4 is 16.5 Å². The molecule has 1 N–H and O–H groups in total. The Bertz CT molecular complexity index is 545. The normalized spacial score (nSPS) is 12.9. The van der Waals surface area contributed by atoms with Gasteiger partial charge in [0.1, 0.15) is 16.5 Å². The minimum atomic E-state index is 0.178. The Morgan fingerprint density at radius 1 is 1.26 bits per heavy atom. The van der Waals surface area contributed by atoms with Crippen molar-refractivity contribution in [2.24, 2.45) is 5.92 Å². The van der Waals surface area contributed by atoms with E-state index >= 15 is 0 Å². The zero-order valence-corrected chi connectivity index (χ0v) is 13.0. The highest BCUT2D eigenvalue weighted by Gasteiger charge is 2.14. The summed E-state index contributed by atoms with van der Waals surface area (Å²) < 4.78 is 5.56. The van der Waals surface area contributed by atoms with E-state index in [2.05, 4.69) is 42.4 Å². The Labute approximate surface area is 118 Å². The molecule has 0 bridgehead atoms. The molecule has 0 spiro atoms. The number of hydrogen-bond donors (Lipinski definition) is 1. The zero-order chi connectivity index (χ0) is 14.0. The molecule has 2 aromatic heterocycles. The van der Waals surface area contributed by atoms with Crippen molar-refractivity contribution in [3.63, 3.8) is 0 Å². The lowest BCUT2D eigenvalue weighted by Gasteiger charge is -2.11. The second-order valence-electron chi connectivity index (χ2n) is 5.33. The van der Waals surface area contributed by atoms with Gasteiger partial charge in [-0.15, -0.1) is 10.2 Å². The second-order valence-corrected chi connectivity index (χ2v) is 6.40. The average Bonchev–Trinajstić information content (AvgIpc) is 2.84. The van der Waals surface area contributed by atoms with Crippen LogP contribution in [-0.2, 0) is 6.42 Å². The Hall–Kier alpha value is -1.36. The van der Waals surface area contributed by atoms with E-state index in [0.717, 1.165) is 28.1 Å². The van der Waals surface area contributed by atoms with Crippen LogP contribution < -0.4 is 5.32 Å². The van der Waals surface area contributed by atoms with Crippen molar-refractivity contribution in [1.82, 2.24) is 10.2 Å². The largest absolute Gasteiger partial charge is 0.466 e. The first kappa shape index (κ1) is 14.1. The first-order valence-electron chi connectivity index (χ1n) is 6.61. The van der Waals surface area contributed by atoms with E-state index in [1.54, 1.807) is 11.3 Å². The number of furan rings is 1. The number of aryl methyl sites for hydroxylation is 2. The molecule has 0 aliphatic rings. The molecule has 2 aromatic rings. The van der Waals surface area contributed by atoms with E-state index in [1.807, 2.05) is 13.8 Å². The standard InChI is InChI=1S/C14H21N3OS/c1-8(2)6-13-16-17-14(19-13)15-10(4)12-7-9(3)18-11(12)5/h7-8,10H,6H2,1-5H3,(H,15,17). The van der Waals surface area contributed by atoms with Crippen molar-refractivity contribution in [3.8, 4) is 0 Å². The summed E-state index contributed by atoms with van der Waals surface area (Å²) in [6.45, 7) is 10.4. The van der Waals surface area contributed by atoms with Gasteiger partial charge in [0.2, 0.25) is 5.13 Å². The highest BCUT2D eigenvalue weighted by molar-refractivity contribution is 7.15. The topological polar surface area (TPSA) is 51.0 Å². The molecule has 19 heavy (non-hydrogen) atoms. The first-order chi connectivity index (χ1) is 8.95. The van der Waals surface area contributed by atoms with Crippen LogP contribution in [0.3, 0.4) is 0 Å². The van der Waals surface area contributed by atoms with E-state index in [9.17, 15) is 0 Å². The van der Waals surface area contributed by atoms with Gasteiger partial charge in [-0.05, 0) is 32.8 Å². The molecule has 104 valence electrons. The Morgan fingerprint density at radius 3 is 2.58 bits per heavy atom. The maximum atomic E-state index is 5.56. The second kappa shape index (κ2) is 5.74. The monoisotopic (exact) mass is 279 g/mol. The van der Waals surface area contributed by atoms with Gasteiger partial charge in [-0.3, -0.25) is 0 Å². The minimum Gasteiger partial charge on any atom is -0.466 e. The van der Waals surface area contributed by atoms with Gasteiger partial charge in [-0.25, -0.2) is 0 Å². The van der Waals surface area contributed by atoms with Crippen LogP contribution in [0.25, 0.3) is 0 Å². The SMILES string of the molecule is Cc1cc(C(C)Nc2nnc(CC(C)C)s2)c(C)o1. The van der Waals surface area contributed by atoms with E-state index in [-0.39, 0.29) is 6.04 Å². The molecular formula is C14H21N3OS. The summed E-state index contributed by atoms with van der Waals surface area (Å²) in [5.74, 6) is 2.51. The van der Waals surface area contributed by atoms with Crippen LogP contribution in [0.5, 0.6) is 0 Å². The molecule has 5 heteroatoms. The van der Waals surface area contributed by atoms with Crippen molar-refractivity contribution < 1.29 is 4.42 Å². The fraction of sp³-hybridized carbons (Fsp3) is 0.571. The highest BCUT2D eigenvalue weighted by Crippen LogP contribution is 2.26. The maximum Gasteiger partial charge on any atom is 0.206 e. The number of anilines is 1. The van der Waals surface area contributed by atoms with Crippen LogP contribution in [0.4, 0.5) is 5.13 Å². The summed E-state index contributed by atoms with van der Waals surface area (Å²) >= 11 is 1.63. The predicted molar refractivity (Wildman–Crippen MR) is 78.7 cm³/mol. The van der Waals surface area contributed by atoms with Crippen LogP contribution in [0.1, 0.15) is 48.9 Å². The van der Waals surface area contributed by atoms with Gasteiger partial charge in [0, 0.05) is 12.0 Å². The Balaban J connectivity index is 2.04. The summed E-state index contributed by atoms with van der Waals surface area (Å²) in [6.07, 6.45) is 0.984. The van der Waals surface area contributed by atoms with E-state index in [4.69, 9.17) is 4.42 Å². The third-order valence-corrected chi connectivity index (χ3v) is 3.81. The summed E-state index contributed by atoms with van der Waals surface area (Å²) in [5.41, 5.74) is 1.18. The van der Waals surface area contributed by atoms with Gasteiger partial charge in [0.05, 0.1) is 6.04 Å². The molecule has 1 unspecified atom stereocenters. The highest BCUT2D eigenvalue weighted by atomic mass is 32.1. The van der Waals surface area contributed by atoms with Gasteiger partial charge in [0.15, 0.2) is 0 Å².